The van der Waals surface area contributed by atoms with E-state index in [4.69, 9.17) is 10.2 Å². The molecule has 0 aromatic carbocycles. The standard InChI is InChI=1S/C18H24N6O4S/c19-14(25)8-9-24-16(13-7-4-10-28-13)22-23-18(24)29-11-15(26)21-17(27)20-12-5-2-1-3-6-12/h4,7,10,12H,1-3,5-6,8-9,11H2,(H2,19,25)(H2,20,21,26,27). The first-order chi connectivity index (χ1) is 14.0. The Kier molecular flexibility index (Phi) is 7.28. The number of aromatic nitrogens is 3. The lowest BCUT2D eigenvalue weighted by molar-refractivity contribution is -0.118. The number of furan rings is 1. The van der Waals surface area contributed by atoms with Crippen LogP contribution in [0.2, 0.25) is 0 Å². The topological polar surface area (TPSA) is 145 Å². The largest absolute Gasteiger partial charge is 0.461 e. The monoisotopic (exact) mass is 420 g/mol. The molecule has 4 N–H and O–H groups in total. The van der Waals surface area contributed by atoms with Gasteiger partial charge in [0.05, 0.1) is 12.0 Å². The smallest absolute Gasteiger partial charge is 0.321 e. The predicted molar refractivity (Wildman–Crippen MR) is 106 cm³/mol. The minimum absolute atomic E-state index is 0.0229. The number of hydrogen-bond donors (Lipinski definition) is 3. The van der Waals surface area contributed by atoms with Gasteiger partial charge in [-0.25, -0.2) is 4.79 Å². The molecule has 4 amide bonds. The minimum atomic E-state index is -0.478. The number of nitrogens with one attached hydrogen (secondary N) is 2. The Morgan fingerprint density at radius 3 is 2.72 bits per heavy atom. The number of nitrogens with two attached hydrogens (primary N) is 1. The van der Waals surface area contributed by atoms with Crippen molar-refractivity contribution in [3.63, 3.8) is 0 Å². The van der Waals surface area contributed by atoms with Gasteiger partial charge in [0.25, 0.3) is 0 Å². The molecule has 1 aliphatic carbocycles. The van der Waals surface area contributed by atoms with E-state index in [0.29, 0.717) is 16.7 Å². The molecule has 29 heavy (non-hydrogen) atoms. The summed E-state index contributed by atoms with van der Waals surface area (Å²) >= 11 is 1.12. The molecule has 1 saturated carbocycles. The number of amides is 4. The predicted octanol–water partition coefficient (Wildman–Crippen LogP) is 1.66. The van der Waals surface area contributed by atoms with Crippen molar-refractivity contribution >= 4 is 29.6 Å². The van der Waals surface area contributed by atoms with Crippen molar-refractivity contribution in [2.24, 2.45) is 5.73 Å². The first-order valence-corrected chi connectivity index (χ1v) is 10.5. The zero-order valence-corrected chi connectivity index (χ0v) is 16.7. The number of carbonyl (C=O) groups is 3. The van der Waals surface area contributed by atoms with Crippen molar-refractivity contribution in [1.29, 1.82) is 0 Å². The maximum Gasteiger partial charge on any atom is 0.321 e. The van der Waals surface area contributed by atoms with Crippen LogP contribution >= 0.6 is 11.8 Å². The zero-order valence-electron chi connectivity index (χ0n) is 15.9. The Morgan fingerprint density at radius 1 is 1.24 bits per heavy atom. The number of imide groups is 1. The van der Waals surface area contributed by atoms with Gasteiger partial charge < -0.3 is 15.5 Å². The molecule has 156 valence electrons. The number of carbonyl (C=O) groups excluding carboxylic acids is 3. The van der Waals surface area contributed by atoms with Gasteiger partial charge in [0.15, 0.2) is 16.7 Å². The molecule has 0 spiro atoms. The number of hydrogen-bond acceptors (Lipinski definition) is 7. The van der Waals surface area contributed by atoms with Crippen molar-refractivity contribution in [3.8, 4) is 11.6 Å². The molecule has 2 heterocycles. The fourth-order valence-corrected chi connectivity index (χ4v) is 3.93. The molecule has 1 aliphatic rings. The lowest BCUT2D eigenvalue weighted by Crippen LogP contribution is -2.45. The number of urea groups is 1. The van der Waals surface area contributed by atoms with Crippen molar-refractivity contribution in [3.05, 3.63) is 18.4 Å². The molecule has 0 saturated heterocycles. The highest BCUT2D eigenvalue weighted by atomic mass is 32.2. The fourth-order valence-electron chi connectivity index (χ4n) is 3.17. The maximum atomic E-state index is 12.1. The summed E-state index contributed by atoms with van der Waals surface area (Å²) in [5.41, 5.74) is 5.25. The normalized spacial score (nSPS) is 14.5. The molecule has 2 aromatic heterocycles. The summed E-state index contributed by atoms with van der Waals surface area (Å²) in [5, 5.41) is 13.8. The van der Waals surface area contributed by atoms with Crippen LogP contribution in [0.1, 0.15) is 38.5 Å². The number of thioether (sulfide) groups is 1. The van der Waals surface area contributed by atoms with E-state index in [1.165, 1.54) is 12.7 Å². The van der Waals surface area contributed by atoms with Crippen molar-refractivity contribution < 1.29 is 18.8 Å². The number of nitrogens with zero attached hydrogens (tertiary/aromatic N) is 3. The molecule has 0 unspecified atom stereocenters. The highest BCUT2D eigenvalue weighted by molar-refractivity contribution is 7.99. The molecule has 0 radical (unpaired) electrons. The van der Waals surface area contributed by atoms with Crippen molar-refractivity contribution in [2.75, 3.05) is 5.75 Å². The average Bonchev–Trinajstić information content (AvgIpc) is 3.34. The molecule has 0 atom stereocenters. The van der Waals surface area contributed by atoms with Crippen LogP contribution in [0.15, 0.2) is 28.0 Å². The lowest BCUT2D eigenvalue weighted by Gasteiger charge is -2.22. The third kappa shape index (κ3) is 6.08. The molecule has 0 bridgehead atoms. The van der Waals surface area contributed by atoms with Crippen LogP contribution < -0.4 is 16.4 Å². The Balaban J connectivity index is 1.56. The van der Waals surface area contributed by atoms with Crippen LogP contribution in [-0.4, -0.2) is 44.4 Å². The van der Waals surface area contributed by atoms with E-state index in [1.807, 2.05) is 0 Å². The van der Waals surface area contributed by atoms with E-state index in [9.17, 15) is 14.4 Å². The number of primary amides is 1. The minimum Gasteiger partial charge on any atom is -0.461 e. The van der Waals surface area contributed by atoms with E-state index in [-0.39, 0.29) is 24.8 Å². The molecule has 3 rings (SSSR count). The summed E-state index contributed by atoms with van der Waals surface area (Å²) in [6.45, 7) is 0.254. The van der Waals surface area contributed by atoms with E-state index in [0.717, 1.165) is 37.4 Å². The third-order valence-corrected chi connectivity index (χ3v) is 5.53. The Bertz CT molecular complexity index is 845. The first kappa shape index (κ1) is 20.9. The Morgan fingerprint density at radius 2 is 2.03 bits per heavy atom. The summed E-state index contributed by atoms with van der Waals surface area (Å²) in [7, 11) is 0. The quantitative estimate of drug-likeness (QED) is 0.551. The van der Waals surface area contributed by atoms with Gasteiger partial charge in [-0.05, 0) is 25.0 Å². The zero-order chi connectivity index (χ0) is 20.6. The van der Waals surface area contributed by atoms with Crippen LogP contribution in [0, 0.1) is 0 Å². The van der Waals surface area contributed by atoms with Crippen LogP contribution in [-0.2, 0) is 16.1 Å². The van der Waals surface area contributed by atoms with Gasteiger partial charge in [-0.3, -0.25) is 19.5 Å². The van der Waals surface area contributed by atoms with E-state index in [2.05, 4.69) is 20.8 Å². The molecule has 10 nitrogen and oxygen atoms in total. The van der Waals surface area contributed by atoms with Crippen LogP contribution in [0.5, 0.6) is 0 Å². The van der Waals surface area contributed by atoms with Crippen molar-refractivity contribution in [2.45, 2.75) is 56.3 Å². The first-order valence-electron chi connectivity index (χ1n) is 9.51. The molecular formula is C18H24N6O4S. The third-order valence-electron chi connectivity index (χ3n) is 4.57. The second-order valence-electron chi connectivity index (χ2n) is 6.80. The highest BCUT2D eigenvalue weighted by Gasteiger charge is 2.20. The highest BCUT2D eigenvalue weighted by Crippen LogP contribution is 2.24. The molecule has 0 aliphatic heterocycles. The second-order valence-corrected chi connectivity index (χ2v) is 7.74. The van der Waals surface area contributed by atoms with Gasteiger partial charge in [0.2, 0.25) is 11.8 Å². The molecule has 1 fully saturated rings. The van der Waals surface area contributed by atoms with Gasteiger partial charge in [-0.2, -0.15) is 0 Å². The Labute approximate surface area is 172 Å². The van der Waals surface area contributed by atoms with Crippen LogP contribution in [0.4, 0.5) is 4.79 Å². The fraction of sp³-hybridized carbons (Fsp3) is 0.500. The molecule has 2 aromatic rings. The van der Waals surface area contributed by atoms with Gasteiger partial charge in [-0.15, -0.1) is 10.2 Å². The summed E-state index contributed by atoms with van der Waals surface area (Å²) < 4.78 is 7.02. The average molecular weight is 420 g/mol. The summed E-state index contributed by atoms with van der Waals surface area (Å²) in [6, 6.07) is 3.08. The van der Waals surface area contributed by atoms with E-state index in [1.54, 1.807) is 16.7 Å². The van der Waals surface area contributed by atoms with Crippen LogP contribution in [0.3, 0.4) is 0 Å². The number of rotatable bonds is 8. The van der Waals surface area contributed by atoms with Gasteiger partial charge in [-0.1, -0.05) is 31.0 Å². The van der Waals surface area contributed by atoms with Gasteiger partial charge >= 0.3 is 6.03 Å². The van der Waals surface area contributed by atoms with E-state index >= 15 is 0 Å². The molecule has 11 heteroatoms. The molecular weight excluding hydrogens is 396 g/mol. The van der Waals surface area contributed by atoms with Gasteiger partial charge in [0, 0.05) is 19.0 Å². The van der Waals surface area contributed by atoms with Crippen LogP contribution in [0.25, 0.3) is 11.6 Å². The summed E-state index contributed by atoms with van der Waals surface area (Å²) in [5.74, 6) is 0.00844. The summed E-state index contributed by atoms with van der Waals surface area (Å²) in [4.78, 5) is 35.3. The van der Waals surface area contributed by atoms with Gasteiger partial charge in [0.1, 0.15) is 0 Å². The lowest BCUT2D eigenvalue weighted by atomic mass is 9.96. The second kappa shape index (κ2) is 10.1. The SMILES string of the molecule is NC(=O)CCn1c(SCC(=O)NC(=O)NC2CCCCC2)nnc1-c1ccco1. The summed E-state index contributed by atoms with van der Waals surface area (Å²) in [6.07, 6.45) is 6.85. The van der Waals surface area contributed by atoms with E-state index < -0.39 is 17.8 Å². The Hall–Kier alpha value is -2.82. The van der Waals surface area contributed by atoms with Crippen molar-refractivity contribution in [1.82, 2.24) is 25.4 Å². The maximum absolute atomic E-state index is 12.1.